The molecule has 3 rings (SSSR count). The Bertz CT molecular complexity index is 777. The van der Waals surface area contributed by atoms with E-state index in [1.54, 1.807) is 12.3 Å². The van der Waals surface area contributed by atoms with Crippen molar-refractivity contribution < 1.29 is 9.90 Å². The van der Waals surface area contributed by atoms with Gasteiger partial charge in [-0.1, -0.05) is 29.8 Å². The molecule has 0 aliphatic rings. The van der Waals surface area contributed by atoms with Crippen LogP contribution in [0.25, 0.3) is 10.9 Å². The number of phenolic OH excluding ortho intramolecular Hbond substituents is 1. The minimum Gasteiger partial charge on any atom is -0.507 e. The van der Waals surface area contributed by atoms with E-state index in [4.69, 9.17) is 11.6 Å². The molecule has 0 amide bonds. The number of aromatic amines is 1. The Kier molecular flexibility index (Phi) is 2.76. The smallest absolute Gasteiger partial charge is 0.198 e. The zero-order chi connectivity index (χ0) is 13.4. The molecule has 3 aromatic rings. The summed E-state index contributed by atoms with van der Waals surface area (Å²) in [4.78, 5) is 15.5. The van der Waals surface area contributed by atoms with E-state index >= 15 is 0 Å². The van der Waals surface area contributed by atoms with E-state index in [1.807, 2.05) is 24.3 Å². The summed E-state index contributed by atoms with van der Waals surface area (Å²) in [5.74, 6) is -0.339. The topological polar surface area (TPSA) is 53.1 Å². The number of phenols is 1. The number of hydrogen-bond acceptors (Lipinski definition) is 2. The fourth-order valence-electron chi connectivity index (χ4n) is 2.10. The lowest BCUT2D eigenvalue weighted by molar-refractivity contribution is 0.103. The van der Waals surface area contributed by atoms with Gasteiger partial charge in [0, 0.05) is 27.7 Å². The summed E-state index contributed by atoms with van der Waals surface area (Å²) in [6.07, 6.45) is 1.65. The van der Waals surface area contributed by atoms with Crippen molar-refractivity contribution in [3.05, 3.63) is 64.8 Å². The molecule has 19 heavy (non-hydrogen) atoms. The molecule has 94 valence electrons. The maximum absolute atomic E-state index is 12.4. The number of aromatic nitrogens is 1. The van der Waals surface area contributed by atoms with E-state index in [2.05, 4.69) is 4.98 Å². The summed E-state index contributed by atoms with van der Waals surface area (Å²) in [6.45, 7) is 0. The lowest BCUT2D eigenvalue weighted by atomic mass is 10.0. The van der Waals surface area contributed by atoms with Gasteiger partial charge in [-0.2, -0.15) is 0 Å². The second-order valence-electron chi connectivity index (χ2n) is 4.24. The minimum absolute atomic E-state index is 0.109. The van der Waals surface area contributed by atoms with E-state index in [9.17, 15) is 9.90 Å². The molecule has 0 radical (unpaired) electrons. The summed E-state index contributed by atoms with van der Waals surface area (Å²) in [6, 6.07) is 12.0. The highest BCUT2D eigenvalue weighted by atomic mass is 35.5. The van der Waals surface area contributed by atoms with Gasteiger partial charge in [-0.3, -0.25) is 4.79 Å². The average molecular weight is 272 g/mol. The Morgan fingerprint density at radius 3 is 2.68 bits per heavy atom. The Labute approximate surface area is 114 Å². The number of carbonyl (C=O) groups is 1. The molecular formula is C15H10ClNO2. The number of H-pyrrole nitrogens is 1. The third-order valence-corrected chi connectivity index (χ3v) is 3.27. The van der Waals surface area contributed by atoms with Gasteiger partial charge < -0.3 is 10.1 Å². The Hall–Kier alpha value is -2.26. The molecule has 0 saturated heterocycles. The van der Waals surface area contributed by atoms with Gasteiger partial charge in [-0.15, -0.1) is 0 Å². The third-order valence-electron chi connectivity index (χ3n) is 3.04. The minimum atomic E-state index is -0.230. The summed E-state index contributed by atoms with van der Waals surface area (Å²) in [5, 5.41) is 11.0. The number of rotatable bonds is 2. The fraction of sp³-hybridized carbons (Fsp3) is 0. The number of aromatic hydroxyl groups is 1. The van der Waals surface area contributed by atoms with E-state index < -0.39 is 0 Å². The van der Waals surface area contributed by atoms with Crippen molar-refractivity contribution in [1.82, 2.24) is 4.98 Å². The molecule has 1 heterocycles. The second-order valence-corrected chi connectivity index (χ2v) is 4.67. The molecule has 0 aliphatic heterocycles. The molecule has 2 N–H and O–H groups in total. The van der Waals surface area contributed by atoms with Crippen molar-refractivity contribution >= 4 is 28.3 Å². The molecule has 2 aromatic carbocycles. The second kappa shape index (κ2) is 4.44. The Morgan fingerprint density at radius 1 is 1.11 bits per heavy atom. The number of ketones is 1. The highest BCUT2D eigenvalue weighted by Gasteiger charge is 2.17. The van der Waals surface area contributed by atoms with Crippen LogP contribution >= 0.6 is 11.6 Å². The molecule has 1 aromatic heterocycles. The standard InChI is InChI=1S/C15H10ClNO2/c16-9-5-6-11(14(18)7-9)15(19)12-8-17-13-4-2-1-3-10(12)13/h1-8,17-18H. The number of carbonyl (C=O) groups excluding carboxylic acids is 1. The van der Waals surface area contributed by atoms with Gasteiger partial charge in [-0.25, -0.2) is 0 Å². The number of nitrogens with one attached hydrogen (secondary N) is 1. The average Bonchev–Trinajstić information content (AvgIpc) is 2.82. The van der Waals surface area contributed by atoms with Crippen LogP contribution in [-0.2, 0) is 0 Å². The zero-order valence-electron chi connectivity index (χ0n) is 9.85. The van der Waals surface area contributed by atoms with Gasteiger partial charge >= 0.3 is 0 Å². The molecular weight excluding hydrogens is 262 g/mol. The van der Waals surface area contributed by atoms with Crippen molar-refractivity contribution in [3.63, 3.8) is 0 Å². The lowest BCUT2D eigenvalue weighted by Crippen LogP contribution is -2.00. The van der Waals surface area contributed by atoms with E-state index in [1.165, 1.54) is 12.1 Å². The van der Waals surface area contributed by atoms with Crippen LogP contribution in [0.4, 0.5) is 0 Å². The van der Waals surface area contributed by atoms with Crippen LogP contribution in [0.1, 0.15) is 15.9 Å². The first kappa shape index (κ1) is 11.8. The first-order valence-corrected chi connectivity index (χ1v) is 6.14. The first-order valence-electron chi connectivity index (χ1n) is 5.76. The van der Waals surface area contributed by atoms with Crippen LogP contribution in [0.2, 0.25) is 5.02 Å². The van der Waals surface area contributed by atoms with Crippen LogP contribution < -0.4 is 0 Å². The van der Waals surface area contributed by atoms with Crippen molar-refractivity contribution in [2.24, 2.45) is 0 Å². The van der Waals surface area contributed by atoms with Gasteiger partial charge in [0.15, 0.2) is 5.78 Å². The SMILES string of the molecule is O=C(c1ccc(Cl)cc1O)c1c[nH]c2ccccc12. The molecule has 4 heteroatoms. The molecule has 0 saturated carbocycles. The van der Waals surface area contributed by atoms with Crippen LogP contribution in [0.5, 0.6) is 5.75 Å². The predicted molar refractivity (Wildman–Crippen MR) is 74.8 cm³/mol. The van der Waals surface area contributed by atoms with Crippen LogP contribution in [0.3, 0.4) is 0 Å². The first-order chi connectivity index (χ1) is 9.16. The van der Waals surface area contributed by atoms with E-state index in [0.29, 0.717) is 10.6 Å². The monoisotopic (exact) mass is 271 g/mol. The van der Waals surface area contributed by atoms with Gasteiger partial charge in [0.2, 0.25) is 0 Å². The third kappa shape index (κ3) is 1.98. The molecule has 0 spiro atoms. The molecule has 0 unspecified atom stereocenters. The van der Waals surface area contributed by atoms with Gasteiger partial charge in [0.05, 0.1) is 5.56 Å². The molecule has 0 fully saturated rings. The van der Waals surface area contributed by atoms with Crippen molar-refractivity contribution in [2.45, 2.75) is 0 Å². The van der Waals surface area contributed by atoms with Crippen molar-refractivity contribution in [2.75, 3.05) is 0 Å². The largest absolute Gasteiger partial charge is 0.507 e. The summed E-state index contributed by atoms with van der Waals surface area (Å²) < 4.78 is 0. The van der Waals surface area contributed by atoms with Crippen LogP contribution in [0.15, 0.2) is 48.7 Å². The molecule has 3 nitrogen and oxygen atoms in total. The number of para-hydroxylation sites is 1. The number of benzene rings is 2. The highest BCUT2D eigenvalue weighted by molar-refractivity contribution is 6.31. The van der Waals surface area contributed by atoms with Crippen molar-refractivity contribution in [1.29, 1.82) is 0 Å². The van der Waals surface area contributed by atoms with Gasteiger partial charge in [0.25, 0.3) is 0 Å². The van der Waals surface area contributed by atoms with Gasteiger partial charge in [0.1, 0.15) is 5.75 Å². The summed E-state index contributed by atoms with van der Waals surface area (Å²) in [5.41, 5.74) is 1.67. The summed E-state index contributed by atoms with van der Waals surface area (Å²) in [7, 11) is 0. The lowest BCUT2D eigenvalue weighted by Gasteiger charge is -2.03. The summed E-state index contributed by atoms with van der Waals surface area (Å²) >= 11 is 5.76. The van der Waals surface area contributed by atoms with Crippen molar-refractivity contribution in [3.8, 4) is 5.75 Å². The Balaban J connectivity index is 2.13. The predicted octanol–water partition coefficient (Wildman–Crippen LogP) is 3.76. The molecule has 0 atom stereocenters. The molecule has 0 bridgehead atoms. The number of halogens is 1. The van der Waals surface area contributed by atoms with Gasteiger partial charge in [-0.05, 0) is 24.3 Å². The maximum atomic E-state index is 12.4. The zero-order valence-corrected chi connectivity index (χ0v) is 10.6. The fourth-order valence-corrected chi connectivity index (χ4v) is 2.27. The number of hydrogen-bond donors (Lipinski definition) is 2. The normalized spacial score (nSPS) is 10.8. The number of fused-ring (bicyclic) bond motifs is 1. The van der Waals surface area contributed by atoms with Crippen LogP contribution in [0, 0.1) is 0 Å². The van der Waals surface area contributed by atoms with Crippen LogP contribution in [-0.4, -0.2) is 15.9 Å². The molecule has 0 aliphatic carbocycles. The maximum Gasteiger partial charge on any atom is 0.198 e. The highest BCUT2D eigenvalue weighted by Crippen LogP contribution is 2.27. The Morgan fingerprint density at radius 2 is 1.89 bits per heavy atom. The quantitative estimate of drug-likeness (QED) is 0.697. The van der Waals surface area contributed by atoms with E-state index in [-0.39, 0.29) is 17.1 Å². The van der Waals surface area contributed by atoms with E-state index in [0.717, 1.165) is 10.9 Å².